The summed E-state index contributed by atoms with van der Waals surface area (Å²) in [5, 5.41) is 1.06. The molecule has 1 amide bonds. The molecule has 2 heterocycles. The summed E-state index contributed by atoms with van der Waals surface area (Å²) >= 11 is 0. The monoisotopic (exact) mass is 274 g/mol. The van der Waals surface area contributed by atoms with Gasteiger partial charge in [-0.1, -0.05) is 36.4 Å². The minimum atomic E-state index is 0.0648. The van der Waals surface area contributed by atoms with Crippen LogP contribution in [0, 0.1) is 0 Å². The van der Waals surface area contributed by atoms with Gasteiger partial charge in [-0.2, -0.15) is 0 Å². The molecule has 0 N–H and O–H groups in total. The van der Waals surface area contributed by atoms with Crippen LogP contribution in [-0.2, 0) is 6.42 Å². The van der Waals surface area contributed by atoms with Crippen LogP contribution in [-0.4, -0.2) is 17.4 Å². The molecule has 102 valence electrons. The first-order valence-electron chi connectivity index (χ1n) is 7.08. The number of hydrogen-bond acceptors (Lipinski definition) is 2. The largest absolute Gasteiger partial charge is 0.306 e. The average molecular weight is 274 g/mol. The van der Waals surface area contributed by atoms with E-state index >= 15 is 0 Å². The molecule has 4 rings (SSSR count). The van der Waals surface area contributed by atoms with Gasteiger partial charge in [0.05, 0.1) is 11.2 Å². The van der Waals surface area contributed by atoms with Crippen molar-refractivity contribution in [2.24, 2.45) is 0 Å². The number of rotatable bonds is 1. The number of carbonyl (C=O) groups excluding carboxylic acids is 1. The fraction of sp³-hybridized carbons (Fsp3) is 0.111. The van der Waals surface area contributed by atoms with Gasteiger partial charge in [-0.3, -0.25) is 9.78 Å². The average Bonchev–Trinajstić information content (AvgIpc) is 2.55. The zero-order chi connectivity index (χ0) is 14.2. The molecule has 1 aromatic heterocycles. The zero-order valence-electron chi connectivity index (χ0n) is 11.5. The quantitative estimate of drug-likeness (QED) is 0.681. The molecule has 0 fully saturated rings. The molecule has 0 unspecified atom stereocenters. The molecule has 3 aromatic rings. The van der Waals surface area contributed by atoms with E-state index in [1.165, 1.54) is 0 Å². The molecule has 0 aliphatic carbocycles. The third-order valence-electron chi connectivity index (χ3n) is 4.00. The molecular weight excluding hydrogens is 260 g/mol. The van der Waals surface area contributed by atoms with Crippen LogP contribution in [0.4, 0.5) is 5.69 Å². The number of para-hydroxylation sites is 1. The molecule has 0 saturated carbocycles. The lowest BCUT2D eigenvalue weighted by atomic mass is 9.98. The van der Waals surface area contributed by atoms with Gasteiger partial charge in [0.15, 0.2) is 0 Å². The Kier molecular flexibility index (Phi) is 2.71. The molecule has 1 aliphatic rings. The maximum atomic E-state index is 12.8. The number of amides is 1. The van der Waals surface area contributed by atoms with Gasteiger partial charge in [-0.15, -0.1) is 0 Å². The van der Waals surface area contributed by atoms with Crippen LogP contribution in [0.15, 0.2) is 60.8 Å². The molecule has 3 heteroatoms. The van der Waals surface area contributed by atoms with E-state index in [4.69, 9.17) is 0 Å². The second-order valence-corrected chi connectivity index (χ2v) is 5.22. The van der Waals surface area contributed by atoms with Crippen LogP contribution < -0.4 is 4.90 Å². The maximum absolute atomic E-state index is 12.8. The molecule has 0 bridgehead atoms. The van der Waals surface area contributed by atoms with Gasteiger partial charge >= 0.3 is 0 Å². The topological polar surface area (TPSA) is 33.2 Å². The van der Waals surface area contributed by atoms with Crippen molar-refractivity contribution in [1.82, 2.24) is 4.98 Å². The van der Waals surface area contributed by atoms with Crippen molar-refractivity contribution in [3.8, 4) is 0 Å². The summed E-state index contributed by atoms with van der Waals surface area (Å²) in [5.41, 5.74) is 3.71. The molecule has 2 aromatic carbocycles. The molecule has 0 atom stereocenters. The highest BCUT2D eigenvalue weighted by molar-refractivity contribution is 6.11. The predicted octanol–water partition coefficient (Wildman–Crippen LogP) is 3.44. The van der Waals surface area contributed by atoms with Gasteiger partial charge in [-0.25, -0.2) is 0 Å². The molecular formula is C18H14N2O. The number of aromatic nitrogens is 1. The van der Waals surface area contributed by atoms with E-state index in [0.717, 1.165) is 34.1 Å². The minimum Gasteiger partial charge on any atom is -0.306 e. The number of anilines is 1. The van der Waals surface area contributed by atoms with Crippen LogP contribution in [0.1, 0.15) is 15.9 Å². The summed E-state index contributed by atoms with van der Waals surface area (Å²) in [7, 11) is 0. The van der Waals surface area contributed by atoms with Crippen molar-refractivity contribution < 1.29 is 4.79 Å². The molecule has 0 saturated heterocycles. The normalized spacial score (nSPS) is 14.3. The summed E-state index contributed by atoms with van der Waals surface area (Å²) in [4.78, 5) is 19.1. The number of benzene rings is 2. The smallest absolute Gasteiger partial charge is 0.258 e. The van der Waals surface area contributed by atoms with Gasteiger partial charge in [0.1, 0.15) is 0 Å². The molecule has 21 heavy (non-hydrogen) atoms. The first-order chi connectivity index (χ1) is 10.3. The van der Waals surface area contributed by atoms with E-state index in [-0.39, 0.29) is 5.91 Å². The minimum absolute atomic E-state index is 0.0648. The maximum Gasteiger partial charge on any atom is 0.258 e. The molecule has 1 aliphatic heterocycles. The van der Waals surface area contributed by atoms with Crippen LogP contribution in [0.3, 0.4) is 0 Å². The van der Waals surface area contributed by atoms with E-state index in [0.29, 0.717) is 6.54 Å². The Morgan fingerprint density at radius 3 is 2.76 bits per heavy atom. The third kappa shape index (κ3) is 1.89. The van der Waals surface area contributed by atoms with Crippen molar-refractivity contribution in [2.45, 2.75) is 6.42 Å². The number of fused-ring (bicyclic) bond motifs is 2. The Balaban J connectivity index is 1.86. The molecule has 0 radical (unpaired) electrons. The number of hydrogen-bond donors (Lipinski definition) is 0. The third-order valence-corrected chi connectivity index (χ3v) is 4.00. The molecule has 3 nitrogen and oxygen atoms in total. The summed E-state index contributed by atoms with van der Waals surface area (Å²) in [6.45, 7) is 0.700. The fourth-order valence-electron chi connectivity index (χ4n) is 2.96. The zero-order valence-corrected chi connectivity index (χ0v) is 11.5. The summed E-state index contributed by atoms with van der Waals surface area (Å²) < 4.78 is 0. The van der Waals surface area contributed by atoms with Gasteiger partial charge in [-0.05, 0) is 30.2 Å². The number of nitrogens with zero attached hydrogens (tertiary/aromatic N) is 2. The summed E-state index contributed by atoms with van der Waals surface area (Å²) in [5.74, 6) is 0.0648. The summed E-state index contributed by atoms with van der Waals surface area (Å²) in [6, 6.07) is 17.8. The van der Waals surface area contributed by atoms with E-state index in [2.05, 4.69) is 4.98 Å². The Labute approximate surface area is 122 Å². The van der Waals surface area contributed by atoms with Gasteiger partial charge < -0.3 is 4.90 Å². The Hall–Kier alpha value is -2.68. The van der Waals surface area contributed by atoms with E-state index in [9.17, 15) is 4.79 Å². The Morgan fingerprint density at radius 1 is 0.952 bits per heavy atom. The predicted molar refractivity (Wildman–Crippen MR) is 83.6 cm³/mol. The van der Waals surface area contributed by atoms with E-state index < -0.39 is 0 Å². The van der Waals surface area contributed by atoms with Crippen molar-refractivity contribution in [1.29, 1.82) is 0 Å². The first kappa shape index (κ1) is 12.1. The summed E-state index contributed by atoms with van der Waals surface area (Å²) in [6.07, 6.45) is 2.65. The standard InChI is InChI=1S/C18H14N2O/c21-18-15-8-2-1-5-13(15)10-12-20(18)16-9-3-6-14-7-4-11-19-17(14)16/h1-9,11H,10,12H2. The van der Waals surface area contributed by atoms with Crippen LogP contribution >= 0.6 is 0 Å². The van der Waals surface area contributed by atoms with E-state index in [1.807, 2.05) is 59.5 Å². The highest BCUT2D eigenvalue weighted by atomic mass is 16.2. The lowest BCUT2D eigenvalue weighted by Crippen LogP contribution is -2.37. The lowest BCUT2D eigenvalue weighted by Gasteiger charge is -2.29. The Bertz CT molecular complexity index is 836. The first-order valence-corrected chi connectivity index (χ1v) is 7.08. The Morgan fingerprint density at radius 2 is 1.81 bits per heavy atom. The highest BCUT2D eigenvalue weighted by Gasteiger charge is 2.26. The van der Waals surface area contributed by atoms with Gasteiger partial charge in [0.2, 0.25) is 0 Å². The van der Waals surface area contributed by atoms with Gasteiger partial charge in [0.25, 0.3) is 5.91 Å². The van der Waals surface area contributed by atoms with Crippen molar-refractivity contribution in [3.63, 3.8) is 0 Å². The molecule has 0 spiro atoms. The van der Waals surface area contributed by atoms with E-state index in [1.54, 1.807) is 6.20 Å². The van der Waals surface area contributed by atoms with Crippen molar-refractivity contribution >= 4 is 22.5 Å². The highest BCUT2D eigenvalue weighted by Crippen LogP contribution is 2.29. The fourth-order valence-corrected chi connectivity index (χ4v) is 2.96. The van der Waals surface area contributed by atoms with Crippen molar-refractivity contribution in [2.75, 3.05) is 11.4 Å². The second-order valence-electron chi connectivity index (χ2n) is 5.22. The van der Waals surface area contributed by atoms with Crippen molar-refractivity contribution in [3.05, 3.63) is 71.9 Å². The van der Waals surface area contributed by atoms with Gasteiger partial charge in [0, 0.05) is 23.7 Å². The second kappa shape index (κ2) is 4.70. The van der Waals surface area contributed by atoms with Crippen LogP contribution in [0.2, 0.25) is 0 Å². The number of carbonyl (C=O) groups is 1. The lowest BCUT2D eigenvalue weighted by molar-refractivity contribution is 0.0981. The SMILES string of the molecule is O=C1c2ccccc2CCN1c1cccc2cccnc12. The van der Waals surface area contributed by atoms with Crippen LogP contribution in [0.25, 0.3) is 10.9 Å². The van der Waals surface area contributed by atoms with Crippen LogP contribution in [0.5, 0.6) is 0 Å². The number of pyridine rings is 1.